The molecule has 1 fully saturated rings. The molecule has 4 heteroatoms. The van der Waals surface area contributed by atoms with E-state index in [0.29, 0.717) is 12.5 Å². The van der Waals surface area contributed by atoms with Gasteiger partial charge in [-0.1, -0.05) is 30.3 Å². The summed E-state index contributed by atoms with van der Waals surface area (Å²) in [4.78, 5) is 13.7. The van der Waals surface area contributed by atoms with E-state index in [0.717, 1.165) is 31.6 Å². The number of hydrogen-bond donors (Lipinski definition) is 2. The topological polar surface area (TPSA) is 52.6 Å². The van der Waals surface area contributed by atoms with E-state index in [1.54, 1.807) is 0 Å². The molecule has 0 aliphatic carbocycles. The Morgan fingerprint density at radius 3 is 2.84 bits per heavy atom. The van der Waals surface area contributed by atoms with Crippen LogP contribution in [0.4, 0.5) is 0 Å². The standard InChI is InChI=1S/C15H22N2O2/c1-16-9-12-7-8-17(10-12)11-14(15(18)19)13-5-3-2-4-6-13/h2-6,12,14,16H,7-11H2,1H3,(H,18,19). The van der Waals surface area contributed by atoms with E-state index >= 15 is 0 Å². The Morgan fingerprint density at radius 1 is 1.47 bits per heavy atom. The van der Waals surface area contributed by atoms with E-state index in [1.165, 1.54) is 0 Å². The third-order valence-corrected chi connectivity index (χ3v) is 3.80. The monoisotopic (exact) mass is 262 g/mol. The first kappa shape index (κ1) is 14.0. The molecule has 1 aliphatic rings. The summed E-state index contributed by atoms with van der Waals surface area (Å²) in [6.45, 7) is 3.62. The zero-order valence-electron chi connectivity index (χ0n) is 11.4. The number of nitrogens with one attached hydrogen (secondary N) is 1. The van der Waals surface area contributed by atoms with Crippen LogP contribution in [-0.2, 0) is 4.79 Å². The fourth-order valence-corrected chi connectivity index (χ4v) is 2.80. The second kappa shape index (κ2) is 6.68. The average molecular weight is 262 g/mol. The predicted molar refractivity (Wildman–Crippen MR) is 75.3 cm³/mol. The number of carbonyl (C=O) groups is 1. The van der Waals surface area contributed by atoms with Gasteiger partial charge in [0.05, 0.1) is 5.92 Å². The molecule has 0 radical (unpaired) electrons. The van der Waals surface area contributed by atoms with Crippen LogP contribution < -0.4 is 5.32 Å². The minimum atomic E-state index is -0.733. The van der Waals surface area contributed by atoms with E-state index in [9.17, 15) is 9.90 Å². The van der Waals surface area contributed by atoms with Crippen LogP contribution in [0.15, 0.2) is 30.3 Å². The maximum Gasteiger partial charge on any atom is 0.312 e. The summed E-state index contributed by atoms with van der Waals surface area (Å²) in [7, 11) is 1.96. The molecule has 19 heavy (non-hydrogen) atoms. The van der Waals surface area contributed by atoms with Crippen LogP contribution in [0.25, 0.3) is 0 Å². The van der Waals surface area contributed by atoms with Crippen molar-refractivity contribution in [2.75, 3.05) is 33.2 Å². The predicted octanol–water partition coefficient (Wildman–Crippen LogP) is 1.40. The number of likely N-dealkylation sites (tertiary alicyclic amines) is 1. The van der Waals surface area contributed by atoms with Gasteiger partial charge in [-0.3, -0.25) is 4.79 Å². The van der Waals surface area contributed by atoms with Crippen molar-refractivity contribution >= 4 is 5.97 Å². The van der Waals surface area contributed by atoms with E-state index in [4.69, 9.17) is 0 Å². The van der Waals surface area contributed by atoms with Crippen LogP contribution in [0.5, 0.6) is 0 Å². The van der Waals surface area contributed by atoms with Crippen LogP contribution in [-0.4, -0.2) is 49.2 Å². The summed E-state index contributed by atoms with van der Waals surface area (Å²) in [6, 6.07) is 9.53. The molecule has 1 saturated heterocycles. The van der Waals surface area contributed by atoms with Crippen molar-refractivity contribution in [3.8, 4) is 0 Å². The summed E-state index contributed by atoms with van der Waals surface area (Å²) < 4.78 is 0. The lowest BCUT2D eigenvalue weighted by molar-refractivity contribution is -0.139. The van der Waals surface area contributed by atoms with E-state index in [1.807, 2.05) is 37.4 Å². The lowest BCUT2D eigenvalue weighted by Crippen LogP contribution is -2.31. The number of carboxylic acid groups (broad SMARTS) is 1. The van der Waals surface area contributed by atoms with E-state index in [-0.39, 0.29) is 0 Å². The molecule has 0 aromatic heterocycles. The smallest absolute Gasteiger partial charge is 0.312 e. The molecule has 0 amide bonds. The summed E-state index contributed by atoms with van der Waals surface area (Å²) in [6.07, 6.45) is 1.15. The molecule has 2 atom stereocenters. The van der Waals surface area contributed by atoms with Gasteiger partial charge in [-0.2, -0.15) is 0 Å². The lowest BCUT2D eigenvalue weighted by atomic mass is 9.99. The summed E-state index contributed by atoms with van der Waals surface area (Å²) in [5.41, 5.74) is 0.895. The molecule has 1 aromatic carbocycles. The van der Waals surface area contributed by atoms with Crippen molar-refractivity contribution in [1.29, 1.82) is 0 Å². The SMILES string of the molecule is CNCC1CCN(CC(C(=O)O)c2ccccc2)C1. The summed E-state index contributed by atoms with van der Waals surface area (Å²) in [5, 5.41) is 12.6. The van der Waals surface area contributed by atoms with Gasteiger partial charge < -0.3 is 15.3 Å². The molecular formula is C15H22N2O2. The average Bonchev–Trinajstić information content (AvgIpc) is 2.85. The number of benzene rings is 1. The molecule has 0 spiro atoms. The normalized spacial score (nSPS) is 21.4. The number of rotatable bonds is 6. The van der Waals surface area contributed by atoms with Crippen molar-refractivity contribution in [2.45, 2.75) is 12.3 Å². The Balaban J connectivity index is 1.97. The van der Waals surface area contributed by atoms with Gasteiger partial charge in [-0.05, 0) is 38.0 Å². The Labute approximate surface area is 114 Å². The van der Waals surface area contributed by atoms with Crippen LogP contribution in [0, 0.1) is 5.92 Å². The first-order chi connectivity index (χ1) is 9.20. The maximum absolute atomic E-state index is 11.5. The molecule has 2 N–H and O–H groups in total. The van der Waals surface area contributed by atoms with Crippen molar-refractivity contribution in [2.24, 2.45) is 5.92 Å². The third-order valence-electron chi connectivity index (χ3n) is 3.80. The third kappa shape index (κ3) is 3.78. The second-order valence-corrected chi connectivity index (χ2v) is 5.27. The van der Waals surface area contributed by atoms with Crippen LogP contribution in [0.1, 0.15) is 17.9 Å². The molecule has 104 valence electrons. The Hall–Kier alpha value is -1.39. The van der Waals surface area contributed by atoms with Gasteiger partial charge in [0.25, 0.3) is 0 Å². The number of carboxylic acids is 1. The van der Waals surface area contributed by atoms with E-state index in [2.05, 4.69) is 10.2 Å². The molecule has 0 bridgehead atoms. The minimum Gasteiger partial charge on any atom is -0.481 e. The van der Waals surface area contributed by atoms with E-state index < -0.39 is 11.9 Å². The molecule has 1 heterocycles. The molecule has 1 aromatic rings. The van der Waals surface area contributed by atoms with Crippen molar-refractivity contribution in [1.82, 2.24) is 10.2 Å². The van der Waals surface area contributed by atoms with Crippen molar-refractivity contribution < 1.29 is 9.90 Å². The fourth-order valence-electron chi connectivity index (χ4n) is 2.80. The van der Waals surface area contributed by atoms with Crippen molar-refractivity contribution in [3.05, 3.63) is 35.9 Å². The molecular weight excluding hydrogens is 240 g/mol. The largest absolute Gasteiger partial charge is 0.481 e. The van der Waals surface area contributed by atoms with Gasteiger partial charge >= 0.3 is 5.97 Å². The van der Waals surface area contributed by atoms with Gasteiger partial charge in [0, 0.05) is 13.1 Å². The van der Waals surface area contributed by atoms with Crippen LogP contribution >= 0.6 is 0 Å². The molecule has 2 unspecified atom stereocenters. The Kier molecular flexibility index (Phi) is 4.93. The van der Waals surface area contributed by atoms with Gasteiger partial charge in [-0.25, -0.2) is 0 Å². The number of aliphatic carboxylic acids is 1. The zero-order valence-corrected chi connectivity index (χ0v) is 11.4. The molecule has 0 saturated carbocycles. The van der Waals surface area contributed by atoms with Gasteiger partial charge in [0.15, 0.2) is 0 Å². The lowest BCUT2D eigenvalue weighted by Gasteiger charge is -2.21. The first-order valence-electron chi connectivity index (χ1n) is 6.85. The second-order valence-electron chi connectivity index (χ2n) is 5.27. The van der Waals surface area contributed by atoms with Crippen LogP contribution in [0.3, 0.4) is 0 Å². The van der Waals surface area contributed by atoms with Crippen molar-refractivity contribution in [3.63, 3.8) is 0 Å². The highest BCUT2D eigenvalue weighted by atomic mass is 16.4. The van der Waals surface area contributed by atoms with Gasteiger partial charge in [0.2, 0.25) is 0 Å². The minimum absolute atomic E-state index is 0.422. The fraction of sp³-hybridized carbons (Fsp3) is 0.533. The highest BCUT2D eigenvalue weighted by Crippen LogP contribution is 2.22. The summed E-state index contributed by atoms with van der Waals surface area (Å²) >= 11 is 0. The number of nitrogens with zero attached hydrogens (tertiary/aromatic N) is 1. The Morgan fingerprint density at radius 2 is 2.21 bits per heavy atom. The Bertz CT molecular complexity index is 408. The van der Waals surface area contributed by atoms with Crippen LogP contribution in [0.2, 0.25) is 0 Å². The maximum atomic E-state index is 11.5. The van der Waals surface area contributed by atoms with Gasteiger partial charge in [0.1, 0.15) is 0 Å². The summed E-state index contributed by atoms with van der Waals surface area (Å²) in [5.74, 6) is -0.506. The van der Waals surface area contributed by atoms with Gasteiger partial charge in [-0.15, -0.1) is 0 Å². The number of hydrogen-bond acceptors (Lipinski definition) is 3. The highest BCUT2D eigenvalue weighted by Gasteiger charge is 2.27. The quantitative estimate of drug-likeness (QED) is 0.813. The molecule has 2 rings (SSSR count). The molecule has 1 aliphatic heterocycles. The first-order valence-corrected chi connectivity index (χ1v) is 6.85. The zero-order chi connectivity index (χ0) is 13.7. The molecule has 4 nitrogen and oxygen atoms in total. The highest BCUT2D eigenvalue weighted by molar-refractivity contribution is 5.76.